The lowest BCUT2D eigenvalue weighted by atomic mass is 10.2. The first-order valence-corrected chi connectivity index (χ1v) is 16.0. The number of fused-ring (bicyclic) bond motifs is 2. The van der Waals surface area contributed by atoms with E-state index in [1.54, 1.807) is 13.8 Å². The summed E-state index contributed by atoms with van der Waals surface area (Å²) in [6, 6.07) is 10.3. The van der Waals surface area contributed by atoms with Gasteiger partial charge in [0, 0.05) is 9.40 Å². The average molecular weight is 634 g/mol. The standard InChI is InChI=1S/C24H16Cl2F2N2O4S4/c1-11-15-7-13(27)3-5-21(15)35-23(11)37(31,32)29-19-9-17(25)18(26)10-20(19)30-38(33,34)24-12(2)16-8-14(28)4-6-22(16)36-24/h3-10,29-30H,1-2H3. The lowest BCUT2D eigenvalue weighted by molar-refractivity contribution is 0.600. The number of thiophene rings is 2. The third-order valence-electron chi connectivity index (χ3n) is 5.75. The SMILES string of the molecule is Cc1c(S(=O)(=O)Nc2cc(Cl)c(Cl)cc2NS(=O)(=O)c2sc3ccc(F)cc3c2C)sc2ccc(F)cc12. The Hall–Kier alpha value is -2.48. The van der Waals surface area contributed by atoms with E-state index in [1.165, 1.54) is 48.5 Å². The fourth-order valence-corrected chi connectivity index (χ4v) is 9.92. The van der Waals surface area contributed by atoms with E-state index in [0.717, 1.165) is 22.7 Å². The molecule has 2 aromatic heterocycles. The minimum absolute atomic E-state index is 0.0176. The molecule has 5 aromatic rings. The molecule has 2 N–H and O–H groups in total. The number of sulfonamides is 2. The van der Waals surface area contributed by atoms with Gasteiger partial charge in [-0.2, -0.15) is 0 Å². The van der Waals surface area contributed by atoms with Crippen LogP contribution in [0, 0.1) is 25.5 Å². The molecule has 0 bridgehead atoms. The molecule has 0 aliphatic rings. The molecule has 0 aliphatic carbocycles. The quantitative estimate of drug-likeness (QED) is 0.199. The summed E-state index contributed by atoms with van der Waals surface area (Å²) in [4.78, 5) is 0. The van der Waals surface area contributed by atoms with E-state index in [0.29, 0.717) is 31.3 Å². The van der Waals surface area contributed by atoms with Gasteiger partial charge < -0.3 is 0 Å². The Morgan fingerprint density at radius 1 is 0.658 bits per heavy atom. The second kappa shape index (κ2) is 9.61. The van der Waals surface area contributed by atoms with Crippen molar-refractivity contribution in [1.29, 1.82) is 0 Å². The van der Waals surface area contributed by atoms with Gasteiger partial charge in [0.1, 0.15) is 20.1 Å². The lowest BCUT2D eigenvalue weighted by Crippen LogP contribution is -2.17. The molecule has 0 unspecified atom stereocenters. The van der Waals surface area contributed by atoms with Crippen LogP contribution >= 0.6 is 45.9 Å². The largest absolute Gasteiger partial charge is 0.277 e. The van der Waals surface area contributed by atoms with Gasteiger partial charge in [-0.3, -0.25) is 9.44 Å². The summed E-state index contributed by atoms with van der Waals surface area (Å²) in [5, 5.41) is 0.858. The van der Waals surface area contributed by atoms with Crippen LogP contribution in [-0.2, 0) is 20.0 Å². The number of anilines is 2. The molecule has 0 spiro atoms. The highest BCUT2D eigenvalue weighted by atomic mass is 35.5. The minimum Gasteiger partial charge on any atom is -0.277 e. The smallest absolute Gasteiger partial charge is 0.271 e. The van der Waals surface area contributed by atoms with Crippen molar-refractivity contribution in [1.82, 2.24) is 0 Å². The van der Waals surface area contributed by atoms with Crippen LogP contribution in [0.25, 0.3) is 20.2 Å². The number of hydrogen-bond acceptors (Lipinski definition) is 6. The molecule has 0 radical (unpaired) electrons. The molecular weight excluding hydrogens is 617 g/mol. The summed E-state index contributed by atoms with van der Waals surface area (Å²) in [5.41, 5.74) is 0.339. The van der Waals surface area contributed by atoms with Crippen LogP contribution in [0.3, 0.4) is 0 Å². The zero-order valence-electron chi connectivity index (χ0n) is 19.4. The molecule has 14 heteroatoms. The van der Waals surface area contributed by atoms with Crippen LogP contribution in [0.5, 0.6) is 0 Å². The van der Waals surface area contributed by atoms with E-state index >= 15 is 0 Å². The first-order valence-electron chi connectivity index (χ1n) is 10.7. The van der Waals surface area contributed by atoms with Crippen LogP contribution in [-0.4, -0.2) is 16.8 Å². The molecule has 0 saturated heterocycles. The predicted octanol–water partition coefficient (Wildman–Crippen LogP) is 7.92. The number of nitrogens with one attached hydrogen (secondary N) is 2. The third-order valence-corrected chi connectivity index (χ3v) is 13.0. The number of aryl methyl sites for hydroxylation is 2. The third kappa shape index (κ3) is 4.85. The number of hydrogen-bond donors (Lipinski definition) is 2. The summed E-state index contributed by atoms with van der Waals surface area (Å²) in [6.45, 7) is 3.11. The van der Waals surface area contributed by atoms with Gasteiger partial charge >= 0.3 is 0 Å². The Kier molecular flexibility index (Phi) is 6.86. The first kappa shape index (κ1) is 27.1. The van der Waals surface area contributed by atoms with Crippen molar-refractivity contribution >= 4 is 97.5 Å². The second-order valence-corrected chi connectivity index (χ2v) is 15.0. The zero-order chi connectivity index (χ0) is 27.6. The molecule has 38 heavy (non-hydrogen) atoms. The fourth-order valence-electron chi connectivity index (χ4n) is 3.95. The molecule has 5 rings (SSSR count). The van der Waals surface area contributed by atoms with Gasteiger partial charge in [-0.15, -0.1) is 22.7 Å². The van der Waals surface area contributed by atoms with Crippen molar-refractivity contribution in [2.75, 3.05) is 9.44 Å². The summed E-state index contributed by atoms with van der Waals surface area (Å²) in [5.74, 6) is -1.01. The van der Waals surface area contributed by atoms with Crippen LogP contribution in [0.15, 0.2) is 56.9 Å². The van der Waals surface area contributed by atoms with Crippen LogP contribution in [0.4, 0.5) is 20.2 Å². The van der Waals surface area contributed by atoms with E-state index in [4.69, 9.17) is 23.2 Å². The van der Waals surface area contributed by atoms with Crippen LogP contribution < -0.4 is 9.44 Å². The highest BCUT2D eigenvalue weighted by Gasteiger charge is 2.27. The maximum absolute atomic E-state index is 13.7. The van der Waals surface area contributed by atoms with Crippen LogP contribution in [0.2, 0.25) is 10.0 Å². The Morgan fingerprint density at radius 2 is 1.03 bits per heavy atom. The monoisotopic (exact) mass is 632 g/mol. The Morgan fingerprint density at radius 3 is 1.39 bits per heavy atom. The summed E-state index contributed by atoms with van der Waals surface area (Å²) < 4.78 is 86.8. The highest BCUT2D eigenvalue weighted by molar-refractivity contribution is 7.95. The molecule has 3 aromatic carbocycles. The first-order chi connectivity index (χ1) is 17.8. The van der Waals surface area contributed by atoms with E-state index in [-0.39, 0.29) is 29.8 Å². The fraction of sp³-hybridized carbons (Fsp3) is 0.0833. The Balaban J connectivity index is 1.57. The summed E-state index contributed by atoms with van der Waals surface area (Å²) >= 11 is 14.2. The molecule has 198 valence electrons. The average Bonchev–Trinajstić information content (AvgIpc) is 3.34. The number of halogens is 4. The van der Waals surface area contributed by atoms with E-state index in [1.807, 2.05) is 0 Å². The zero-order valence-corrected chi connectivity index (χ0v) is 24.2. The number of rotatable bonds is 6. The second-order valence-electron chi connectivity index (χ2n) is 8.33. The van der Waals surface area contributed by atoms with E-state index in [2.05, 4.69) is 9.44 Å². The maximum Gasteiger partial charge on any atom is 0.271 e. The van der Waals surface area contributed by atoms with Crippen molar-refractivity contribution in [2.45, 2.75) is 22.3 Å². The minimum atomic E-state index is -4.25. The number of benzene rings is 3. The van der Waals surface area contributed by atoms with Gasteiger partial charge in [0.2, 0.25) is 0 Å². The Labute approximate surface area is 234 Å². The molecule has 0 atom stereocenters. The summed E-state index contributed by atoms with van der Waals surface area (Å²) in [7, 11) is -8.51. The van der Waals surface area contributed by atoms with Gasteiger partial charge in [0.05, 0.1) is 21.4 Å². The molecule has 0 fully saturated rings. The van der Waals surface area contributed by atoms with E-state index < -0.39 is 31.7 Å². The molecule has 0 amide bonds. The normalized spacial score (nSPS) is 12.4. The highest BCUT2D eigenvalue weighted by Crippen LogP contribution is 2.40. The van der Waals surface area contributed by atoms with Gasteiger partial charge in [0.15, 0.2) is 0 Å². The Bertz CT molecular complexity index is 1850. The van der Waals surface area contributed by atoms with Gasteiger partial charge in [-0.05, 0) is 84.3 Å². The van der Waals surface area contributed by atoms with Crippen molar-refractivity contribution in [3.8, 4) is 0 Å². The molecule has 2 heterocycles. The molecule has 6 nitrogen and oxygen atoms in total. The topological polar surface area (TPSA) is 92.3 Å². The molecular formula is C24H16Cl2F2N2O4S4. The maximum atomic E-state index is 13.7. The van der Waals surface area contributed by atoms with Gasteiger partial charge in [-0.1, -0.05) is 23.2 Å². The van der Waals surface area contributed by atoms with Gasteiger partial charge in [0.25, 0.3) is 20.0 Å². The van der Waals surface area contributed by atoms with Crippen molar-refractivity contribution in [3.05, 3.63) is 81.3 Å². The molecule has 0 aliphatic heterocycles. The van der Waals surface area contributed by atoms with E-state index in [9.17, 15) is 25.6 Å². The molecule has 0 saturated carbocycles. The lowest BCUT2D eigenvalue weighted by Gasteiger charge is -2.15. The van der Waals surface area contributed by atoms with Crippen molar-refractivity contribution < 1.29 is 25.6 Å². The van der Waals surface area contributed by atoms with Crippen molar-refractivity contribution in [2.24, 2.45) is 0 Å². The van der Waals surface area contributed by atoms with Crippen molar-refractivity contribution in [3.63, 3.8) is 0 Å². The van der Waals surface area contributed by atoms with Crippen LogP contribution in [0.1, 0.15) is 11.1 Å². The predicted molar refractivity (Wildman–Crippen MR) is 151 cm³/mol. The van der Waals surface area contributed by atoms with Gasteiger partial charge in [-0.25, -0.2) is 25.6 Å². The summed E-state index contributed by atoms with van der Waals surface area (Å²) in [6.07, 6.45) is 0.